The Morgan fingerprint density at radius 3 is 2.67 bits per heavy atom. The molecule has 0 bridgehead atoms. The Hall–Kier alpha value is 0.180. The molecule has 0 aliphatic carbocycles. The van der Waals surface area contributed by atoms with E-state index < -0.39 is 10.2 Å². The van der Waals surface area contributed by atoms with E-state index in [1.54, 1.807) is 8.61 Å². The first-order chi connectivity index (χ1) is 8.54. The van der Waals surface area contributed by atoms with E-state index in [1.807, 2.05) is 11.8 Å². The van der Waals surface area contributed by atoms with E-state index in [2.05, 4.69) is 6.92 Å². The molecule has 106 valence electrons. The van der Waals surface area contributed by atoms with Gasteiger partial charge in [-0.3, -0.25) is 0 Å². The minimum Gasteiger partial charge on any atom is -0.330 e. The molecule has 2 rings (SSSR count). The summed E-state index contributed by atoms with van der Waals surface area (Å²) in [6, 6.07) is 0. The summed E-state index contributed by atoms with van der Waals surface area (Å²) in [5, 5.41) is 0.392. The first kappa shape index (κ1) is 14.6. The highest BCUT2D eigenvalue weighted by atomic mass is 32.2. The average Bonchev–Trinajstić information content (AvgIpc) is 2.39. The number of nitrogens with two attached hydrogens (primary N) is 1. The van der Waals surface area contributed by atoms with Gasteiger partial charge in [-0.1, -0.05) is 6.92 Å². The van der Waals surface area contributed by atoms with E-state index >= 15 is 0 Å². The first-order valence-corrected chi connectivity index (χ1v) is 9.05. The van der Waals surface area contributed by atoms with Crippen LogP contribution in [0.15, 0.2) is 0 Å². The maximum atomic E-state index is 12.5. The zero-order valence-electron chi connectivity index (χ0n) is 10.9. The van der Waals surface area contributed by atoms with Crippen LogP contribution >= 0.6 is 11.8 Å². The lowest BCUT2D eigenvalue weighted by Gasteiger charge is -2.37. The summed E-state index contributed by atoms with van der Waals surface area (Å²) < 4.78 is 28.4. The van der Waals surface area contributed by atoms with E-state index in [4.69, 9.17) is 5.73 Å². The predicted molar refractivity (Wildman–Crippen MR) is 75.8 cm³/mol. The highest BCUT2D eigenvalue weighted by Crippen LogP contribution is 2.25. The molecule has 0 amide bonds. The second kappa shape index (κ2) is 6.09. The molecule has 2 unspecified atom stereocenters. The lowest BCUT2D eigenvalue weighted by Crippen LogP contribution is -2.52. The molecule has 2 heterocycles. The third-order valence-corrected chi connectivity index (χ3v) is 6.78. The van der Waals surface area contributed by atoms with Crippen LogP contribution in [-0.2, 0) is 10.2 Å². The monoisotopic (exact) mass is 293 g/mol. The van der Waals surface area contributed by atoms with Gasteiger partial charge in [0.25, 0.3) is 10.2 Å². The predicted octanol–water partition coefficient (Wildman–Crippen LogP) is 0.339. The van der Waals surface area contributed by atoms with Crippen LogP contribution in [0.25, 0.3) is 0 Å². The van der Waals surface area contributed by atoms with Crippen LogP contribution < -0.4 is 5.73 Å². The van der Waals surface area contributed by atoms with E-state index in [0.717, 1.165) is 18.6 Å². The van der Waals surface area contributed by atoms with Crippen molar-refractivity contribution in [2.24, 2.45) is 11.7 Å². The fourth-order valence-electron chi connectivity index (χ4n) is 2.59. The van der Waals surface area contributed by atoms with E-state index in [1.165, 1.54) is 0 Å². The van der Waals surface area contributed by atoms with E-state index in [-0.39, 0.29) is 0 Å². The van der Waals surface area contributed by atoms with Gasteiger partial charge in [0.2, 0.25) is 0 Å². The molecule has 7 heteroatoms. The van der Waals surface area contributed by atoms with E-state index in [9.17, 15) is 8.42 Å². The number of rotatable bonds is 3. The fourth-order valence-corrected chi connectivity index (χ4v) is 5.63. The van der Waals surface area contributed by atoms with E-state index in [0.29, 0.717) is 43.9 Å². The van der Waals surface area contributed by atoms with Crippen molar-refractivity contribution >= 4 is 22.0 Å². The second-order valence-corrected chi connectivity index (χ2v) is 8.62. The maximum Gasteiger partial charge on any atom is 0.282 e. The van der Waals surface area contributed by atoms with Gasteiger partial charge in [-0.2, -0.15) is 28.8 Å². The van der Waals surface area contributed by atoms with Crippen molar-refractivity contribution in [1.29, 1.82) is 0 Å². The normalized spacial score (nSPS) is 32.6. The molecule has 2 N–H and O–H groups in total. The van der Waals surface area contributed by atoms with Crippen LogP contribution in [0, 0.1) is 5.92 Å². The highest BCUT2D eigenvalue weighted by molar-refractivity contribution is 8.00. The Bertz CT molecular complexity index is 374. The van der Waals surface area contributed by atoms with Crippen LogP contribution in [0.1, 0.15) is 19.8 Å². The van der Waals surface area contributed by atoms with Gasteiger partial charge in [-0.05, 0) is 25.3 Å². The molecule has 0 saturated carbocycles. The largest absolute Gasteiger partial charge is 0.330 e. The molecular weight excluding hydrogens is 270 g/mol. The zero-order valence-corrected chi connectivity index (χ0v) is 12.5. The number of nitrogens with zero attached hydrogens (tertiary/aromatic N) is 2. The van der Waals surface area contributed by atoms with Crippen molar-refractivity contribution in [3.63, 3.8) is 0 Å². The zero-order chi connectivity index (χ0) is 13.2. The average molecular weight is 293 g/mol. The van der Waals surface area contributed by atoms with Crippen LogP contribution in [0.2, 0.25) is 0 Å². The third kappa shape index (κ3) is 3.19. The molecule has 18 heavy (non-hydrogen) atoms. The Morgan fingerprint density at radius 1 is 1.28 bits per heavy atom. The Morgan fingerprint density at radius 2 is 2.00 bits per heavy atom. The van der Waals surface area contributed by atoms with Gasteiger partial charge in [0.05, 0.1) is 0 Å². The van der Waals surface area contributed by atoms with Gasteiger partial charge < -0.3 is 5.73 Å². The SMILES string of the molecule is CC1CN(S(=O)(=O)N2CCCC(CN)C2)CCS1. The van der Waals surface area contributed by atoms with Gasteiger partial charge in [0.15, 0.2) is 0 Å². The molecule has 0 aromatic rings. The molecule has 5 nitrogen and oxygen atoms in total. The number of hydrogen-bond donors (Lipinski definition) is 1. The summed E-state index contributed by atoms with van der Waals surface area (Å²) in [5.74, 6) is 1.22. The molecule has 0 aromatic heterocycles. The molecule has 2 saturated heterocycles. The van der Waals surface area contributed by atoms with Crippen LogP contribution in [0.5, 0.6) is 0 Å². The Balaban J connectivity index is 2.05. The lowest BCUT2D eigenvalue weighted by molar-refractivity contribution is 0.251. The summed E-state index contributed by atoms with van der Waals surface area (Å²) in [6.45, 7) is 5.19. The quantitative estimate of drug-likeness (QED) is 0.815. The molecule has 0 spiro atoms. The van der Waals surface area contributed by atoms with Gasteiger partial charge in [0.1, 0.15) is 0 Å². The van der Waals surface area contributed by atoms with Gasteiger partial charge in [-0.15, -0.1) is 0 Å². The first-order valence-electron chi connectivity index (χ1n) is 6.61. The fraction of sp³-hybridized carbons (Fsp3) is 1.00. The minimum absolute atomic E-state index is 0.324. The second-order valence-electron chi connectivity index (χ2n) is 5.15. The molecule has 2 aliphatic rings. The third-order valence-electron chi connectivity index (χ3n) is 3.67. The van der Waals surface area contributed by atoms with Crippen LogP contribution in [-0.4, -0.2) is 60.8 Å². The lowest BCUT2D eigenvalue weighted by atomic mass is 10.0. The van der Waals surface area contributed by atoms with Crippen molar-refractivity contribution in [3.05, 3.63) is 0 Å². The standard InChI is InChI=1S/C11H23N3O2S2/c1-10-8-14(5-6-17-10)18(15,16)13-4-2-3-11(7-12)9-13/h10-11H,2-9,12H2,1H3. The Labute approximate surface area is 114 Å². The van der Waals surface area contributed by atoms with Crippen molar-refractivity contribution in [3.8, 4) is 0 Å². The molecule has 2 aliphatic heterocycles. The van der Waals surface area contributed by atoms with Crippen molar-refractivity contribution in [1.82, 2.24) is 8.61 Å². The number of thioether (sulfide) groups is 1. The summed E-state index contributed by atoms with van der Waals surface area (Å²) in [7, 11) is -3.26. The summed E-state index contributed by atoms with van der Waals surface area (Å²) in [6.07, 6.45) is 1.98. The molecular formula is C11H23N3O2S2. The summed E-state index contributed by atoms with van der Waals surface area (Å²) in [5.41, 5.74) is 5.67. The molecule has 2 fully saturated rings. The van der Waals surface area contributed by atoms with Gasteiger partial charge in [0, 0.05) is 37.2 Å². The molecule has 0 aromatic carbocycles. The van der Waals surface area contributed by atoms with Gasteiger partial charge in [-0.25, -0.2) is 0 Å². The topological polar surface area (TPSA) is 66.6 Å². The molecule has 0 radical (unpaired) electrons. The smallest absolute Gasteiger partial charge is 0.282 e. The maximum absolute atomic E-state index is 12.5. The minimum atomic E-state index is -3.26. The van der Waals surface area contributed by atoms with Crippen molar-refractivity contribution in [2.45, 2.75) is 25.0 Å². The highest BCUT2D eigenvalue weighted by Gasteiger charge is 2.35. The Kier molecular flexibility index (Phi) is 4.93. The molecule has 2 atom stereocenters. The van der Waals surface area contributed by atoms with Crippen molar-refractivity contribution < 1.29 is 8.42 Å². The van der Waals surface area contributed by atoms with Crippen molar-refractivity contribution in [2.75, 3.05) is 38.5 Å². The van der Waals surface area contributed by atoms with Gasteiger partial charge >= 0.3 is 0 Å². The van der Waals surface area contributed by atoms with Crippen LogP contribution in [0.4, 0.5) is 0 Å². The summed E-state index contributed by atoms with van der Waals surface area (Å²) >= 11 is 1.84. The summed E-state index contributed by atoms with van der Waals surface area (Å²) in [4.78, 5) is 0. The number of piperidine rings is 1. The van der Waals surface area contributed by atoms with Crippen LogP contribution in [0.3, 0.4) is 0 Å². The number of hydrogen-bond acceptors (Lipinski definition) is 4.